The van der Waals surface area contributed by atoms with E-state index in [0.29, 0.717) is 12.0 Å². The van der Waals surface area contributed by atoms with E-state index >= 15 is 0 Å². The summed E-state index contributed by atoms with van der Waals surface area (Å²) in [6.45, 7) is 7.24. The van der Waals surface area contributed by atoms with E-state index in [1.807, 2.05) is 13.2 Å². The first kappa shape index (κ1) is 16.2. The SMILES string of the molecule is CNCc1nc(C(C)C)ncc1N1CCCC(N(C)C)C1. The van der Waals surface area contributed by atoms with Gasteiger partial charge in [0.25, 0.3) is 0 Å². The van der Waals surface area contributed by atoms with Gasteiger partial charge in [-0.3, -0.25) is 0 Å². The van der Waals surface area contributed by atoms with E-state index in [4.69, 9.17) is 4.98 Å². The molecule has 1 N–H and O–H groups in total. The summed E-state index contributed by atoms with van der Waals surface area (Å²) in [4.78, 5) is 14.1. The molecule has 1 atom stereocenters. The summed E-state index contributed by atoms with van der Waals surface area (Å²) in [7, 11) is 6.31. The van der Waals surface area contributed by atoms with Crippen LogP contribution in [0.4, 0.5) is 5.69 Å². The molecule has 1 aromatic rings. The van der Waals surface area contributed by atoms with Gasteiger partial charge in [-0.25, -0.2) is 9.97 Å². The Labute approximate surface area is 128 Å². The normalized spacial score (nSPS) is 19.6. The van der Waals surface area contributed by atoms with E-state index in [0.717, 1.165) is 31.2 Å². The third kappa shape index (κ3) is 3.92. The third-order valence-electron chi connectivity index (χ3n) is 4.19. The molecule has 1 aromatic heterocycles. The summed E-state index contributed by atoms with van der Waals surface area (Å²) >= 11 is 0. The van der Waals surface area contributed by atoms with Crippen LogP contribution in [0.15, 0.2) is 6.20 Å². The summed E-state index contributed by atoms with van der Waals surface area (Å²) in [5.41, 5.74) is 2.32. The molecule has 21 heavy (non-hydrogen) atoms. The molecule has 0 radical (unpaired) electrons. The number of likely N-dealkylation sites (N-methyl/N-ethyl adjacent to an activating group) is 1. The number of anilines is 1. The molecule has 2 rings (SSSR count). The molecule has 1 aliphatic heterocycles. The minimum atomic E-state index is 0.366. The topological polar surface area (TPSA) is 44.3 Å². The van der Waals surface area contributed by atoms with Gasteiger partial charge in [0.05, 0.1) is 17.6 Å². The monoisotopic (exact) mass is 291 g/mol. The molecule has 1 unspecified atom stereocenters. The van der Waals surface area contributed by atoms with Gasteiger partial charge in [-0.15, -0.1) is 0 Å². The second kappa shape index (κ2) is 7.18. The van der Waals surface area contributed by atoms with E-state index in [1.165, 1.54) is 18.5 Å². The van der Waals surface area contributed by atoms with Gasteiger partial charge in [0.1, 0.15) is 5.82 Å². The molecule has 1 saturated heterocycles. The van der Waals surface area contributed by atoms with Crippen LogP contribution in [0.3, 0.4) is 0 Å². The summed E-state index contributed by atoms with van der Waals surface area (Å²) in [5, 5.41) is 3.24. The lowest BCUT2D eigenvalue weighted by Gasteiger charge is -2.38. The van der Waals surface area contributed by atoms with Crippen LogP contribution in [0.1, 0.15) is 44.1 Å². The molecule has 1 fully saturated rings. The lowest BCUT2D eigenvalue weighted by Crippen LogP contribution is -2.45. The average Bonchev–Trinajstić information content (AvgIpc) is 2.47. The van der Waals surface area contributed by atoms with Crippen LogP contribution in [0.2, 0.25) is 0 Å². The standard InChI is InChI=1S/C16H29N5/c1-12(2)16-18-10-15(14(19-16)9-17-3)21-8-6-7-13(11-21)20(4)5/h10,12-13,17H,6-9,11H2,1-5H3. The molecule has 0 aromatic carbocycles. The van der Waals surface area contributed by atoms with Gasteiger partial charge >= 0.3 is 0 Å². The van der Waals surface area contributed by atoms with Gasteiger partial charge in [0.15, 0.2) is 0 Å². The van der Waals surface area contributed by atoms with Gasteiger partial charge in [0, 0.05) is 31.6 Å². The van der Waals surface area contributed by atoms with Crippen LogP contribution in [0.25, 0.3) is 0 Å². The lowest BCUT2D eigenvalue weighted by atomic mass is 10.0. The highest BCUT2D eigenvalue weighted by Gasteiger charge is 2.24. The van der Waals surface area contributed by atoms with Crippen molar-refractivity contribution in [2.45, 2.75) is 45.2 Å². The fourth-order valence-corrected chi connectivity index (χ4v) is 2.86. The number of rotatable bonds is 5. The second-order valence-electron chi connectivity index (χ2n) is 6.45. The van der Waals surface area contributed by atoms with Gasteiger partial charge < -0.3 is 15.1 Å². The van der Waals surface area contributed by atoms with E-state index in [1.54, 1.807) is 0 Å². The van der Waals surface area contributed by atoms with Crippen molar-refractivity contribution in [3.8, 4) is 0 Å². The number of piperidine rings is 1. The average molecular weight is 291 g/mol. The Morgan fingerprint density at radius 2 is 2.19 bits per heavy atom. The Hall–Kier alpha value is -1.20. The van der Waals surface area contributed by atoms with Gasteiger partial charge in [-0.1, -0.05) is 13.8 Å². The van der Waals surface area contributed by atoms with Crippen molar-refractivity contribution in [2.75, 3.05) is 39.1 Å². The van der Waals surface area contributed by atoms with Gasteiger partial charge in [0.2, 0.25) is 0 Å². The first-order valence-corrected chi connectivity index (χ1v) is 7.94. The Balaban J connectivity index is 2.25. The first-order valence-electron chi connectivity index (χ1n) is 7.94. The van der Waals surface area contributed by atoms with Crippen molar-refractivity contribution in [3.05, 3.63) is 17.7 Å². The highest BCUT2D eigenvalue weighted by Crippen LogP contribution is 2.25. The molecular formula is C16H29N5. The number of hydrogen-bond donors (Lipinski definition) is 1. The zero-order chi connectivity index (χ0) is 15.4. The first-order chi connectivity index (χ1) is 10.0. The Kier molecular flexibility index (Phi) is 5.53. The van der Waals surface area contributed by atoms with Crippen LogP contribution in [0.5, 0.6) is 0 Å². The summed E-state index contributed by atoms with van der Waals surface area (Å²) in [6, 6.07) is 0.617. The minimum absolute atomic E-state index is 0.366. The zero-order valence-electron chi connectivity index (χ0n) is 14.1. The van der Waals surface area contributed by atoms with Gasteiger partial charge in [-0.05, 0) is 34.0 Å². The highest BCUT2D eigenvalue weighted by atomic mass is 15.2. The molecule has 2 heterocycles. The molecule has 0 bridgehead atoms. The van der Waals surface area contributed by atoms with Crippen molar-refractivity contribution in [2.24, 2.45) is 0 Å². The Morgan fingerprint density at radius 3 is 2.81 bits per heavy atom. The molecule has 0 saturated carbocycles. The van der Waals surface area contributed by atoms with E-state index < -0.39 is 0 Å². The minimum Gasteiger partial charge on any atom is -0.367 e. The number of nitrogens with one attached hydrogen (secondary N) is 1. The van der Waals surface area contributed by atoms with Crippen molar-refractivity contribution in [3.63, 3.8) is 0 Å². The molecular weight excluding hydrogens is 262 g/mol. The van der Waals surface area contributed by atoms with Crippen molar-refractivity contribution in [1.82, 2.24) is 20.2 Å². The van der Waals surface area contributed by atoms with Crippen LogP contribution < -0.4 is 10.2 Å². The van der Waals surface area contributed by atoms with Crippen LogP contribution >= 0.6 is 0 Å². The fourth-order valence-electron chi connectivity index (χ4n) is 2.86. The quantitative estimate of drug-likeness (QED) is 0.897. The largest absolute Gasteiger partial charge is 0.367 e. The maximum absolute atomic E-state index is 4.78. The molecule has 1 aliphatic rings. The molecule has 5 nitrogen and oxygen atoms in total. The maximum atomic E-state index is 4.78. The van der Waals surface area contributed by atoms with Crippen molar-refractivity contribution < 1.29 is 0 Å². The molecule has 0 spiro atoms. The fraction of sp³-hybridized carbons (Fsp3) is 0.750. The Bertz CT molecular complexity index is 458. The Morgan fingerprint density at radius 1 is 1.43 bits per heavy atom. The summed E-state index contributed by atoms with van der Waals surface area (Å²) < 4.78 is 0. The lowest BCUT2D eigenvalue weighted by molar-refractivity contribution is 0.257. The van der Waals surface area contributed by atoms with E-state index in [-0.39, 0.29) is 0 Å². The van der Waals surface area contributed by atoms with E-state index in [2.05, 4.69) is 48.0 Å². The van der Waals surface area contributed by atoms with Crippen molar-refractivity contribution >= 4 is 5.69 Å². The summed E-state index contributed by atoms with van der Waals surface area (Å²) in [5.74, 6) is 1.30. The van der Waals surface area contributed by atoms with Crippen LogP contribution in [-0.2, 0) is 6.54 Å². The highest BCUT2D eigenvalue weighted by molar-refractivity contribution is 5.50. The second-order valence-corrected chi connectivity index (χ2v) is 6.45. The number of aromatic nitrogens is 2. The van der Waals surface area contributed by atoms with E-state index in [9.17, 15) is 0 Å². The molecule has 0 aliphatic carbocycles. The molecule has 0 amide bonds. The van der Waals surface area contributed by atoms with Crippen LogP contribution in [-0.4, -0.2) is 55.1 Å². The predicted molar refractivity (Wildman–Crippen MR) is 87.8 cm³/mol. The summed E-state index contributed by atoms with van der Waals surface area (Å²) in [6.07, 6.45) is 4.52. The maximum Gasteiger partial charge on any atom is 0.131 e. The predicted octanol–water partition coefficient (Wildman–Crippen LogP) is 1.85. The van der Waals surface area contributed by atoms with Crippen molar-refractivity contribution in [1.29, 1.82) is 0 Å². The third-order valence-corrected chi connectivity index (χ3v) is 4.19. The zero-order valence-corrected chi connectivity index (χ0v) is 14.1. The van der Waals surface area contributed by atoms with Gasteiger partial charge in [-0.2, -0.15) is 0 Å². The smallest absolute Gasteiger partial charge is 0.131 e. The molecule has 5 heteroatoms. The molecule has 118 valence electrons. The van der Waals surface area contributed by atoms with Crippen LogP contribution in [0, 0.1) is 0 Å². The number of hydrogen-bond acceptors (Lipinski definition) is 5. The number of nitrogens with zero attached hydrogens (tertiary/aromatic N) is 4.